The van der Waals surface area contributed by atoms with E-state index in [4.69, 9.17) is 10.5 Å². The van der Waals surface area contributed by atoms with Crippen LogP contribution >= 0.6 is 11.3 Å². The van der Waals surface area contributed by atoms with Crippen molar-refractivity contribution >= 4 is 34.7 Å². The Morgan fingerprint density at radius 3 is 2.47 bits per heavy atom. The maximum atomic E-state index is 13.5. The Bertz CT molecular complexity index is 930. The zero-order chi connectivity index (χ0) is 22.0. The molecule has 2 aromatic rings. The molecule has 3 rings (SSSR count). The largest absolute Gasteiger partial charge is 0.465 e. The average molecular weight is 430 g/mol. The van der Waals surface area contributed by atoms with Gasteiger partial charge in [0.1, 0.15) is 10.7 Å². The van der Waals surface area contributed by atoms with Crippen LogP contribution in [0.5, 0.6) is 0 Å². The van der Waals surface area contributed by atoms with E-state index < -0.39 is 5.97 Å². The zero-order valence-electron chi connectivity index (χ0n) is 18.4. The molecule has 0 unspecified atom stereocenters. The van der Waals surface area contributed by atoms with Crippen LogP contribution in [-0.2, 0) is 9.53 Å². The van der Waals surface area contributed by atoms with Crippen LogP contribution < -0.4 is 10.6 Å². The number of pyridine rings is 1. The number of methoxy groups -OCH3 is 1. The number of carbonyl (C=O) groups is 2. The van der Waals surface area contributed by atoms with Crippen molar-refractivity contribution in [1.29, 1.82) is 0 Å². The summed E-state index contributed by atoms with van der Waals surface area (Å²) in [5, 5.41) is 0. The van der Waals surface area contributed by atoms with E-state index in [0.717, 1.165) is 41.7 Å². The number of nitrogens with two attached hydrogens (primary N) is 1. The molecule has 2 N–H and O–H groups in total. The SMILES string of the molecule is COC(=O)c1sc(-c2cnc(N)c(C)c2)cc1N(C(=O)C1CCC(C)CC1)C(C)C. The summed E-state index contributed by atoms with van der Waals surface area (Å²) < 4.78 is 5.04. The van der Waals surface area contributed by atoms with E-state index in [9.17, 15) is 9.59 Å². The molecule has 6 nitrogen and oxygen atoms in total. The highest BCUT2D eigenvalue weighted by Crippen LogP contribution is 2.40. The van der Waals surface area contributed by atoms with Crippen LogP contribution in [0.15, 0.2) is 18.3 Å². The van der Waals surface area contributed by atoms with Gasteiger partial charge in [0.05, 0.1) is 12.8 Å². The van der Waals surface area contributed by atoms with Gasteiger partial charge in [0.2, 0.25) is 5.91 Å². The van der Waals surface area contributed by atoms with Gasteiger partial charge in [-0.05, 0) is 70.1 Å². The summed E-state index contributed by atoms with van der Waals surface area (Å²) in [6, 6.07) is 3.78. The molecule has 0 spiro atoms. The molecule has 2 heterocycles. The summed E-state index contributed by atoms with van der Waals surface area (Å²) in [6.45, 7) is 8.10. The monoisotopic (exact) mass is 429 g/mol. The number of amides is 1. The highest BCUT2D eigenvalue weighted by Gasteiger charge is 2.33. The minimum absolute atomic E-state index is 0.00196. The second-order valence-electron chi connectivity index (χ2n) is 8.50. The number of nitrogens with zero attached hydrogens (tertiary/aromatic N) is 2. The van der Waals surface area contributed by atoms with Crippen molar-refractivity contribution in [2.75, 3.05) is 17.7 Å². The number of hydrogen-bond acceptors (Lipinski definition) is 6. The number of nitrogen functional groups attached to an aromatic ring is 1. The van der Waals surface area contributed by atoms with Crippen LogP contribution in [0, 0.1) is 18.8 Å². The molecule has 7 heteroatoms. The third-order valence-corrected chi connectivity index (χ3v) is 7.02. The number of aryl methyl sites for hydroxylation is 1. The Labute approximate surface area is 182 Å². The Morgan fingerprint density at radius 1 is 1.23 bits per heavy atom. The number of hydrogen-bond donors (Lipinski definition) is 1. The second-order valence-corrected chi connectivity index (χ2v) is 9.55. The second kappa shape index (κ2) is 9.16. The lowest BCUT2D eigenvalue weighted by Crippen LogP contribution is -2.42. The number of thiophene rings is 1. The molecule has 0 bridgehead atoms. The van der Waals surface area contributed by atoms with Crippen molar-refractivity contribution in [2.24, 2.45) is 11.8 Å². The Hall–Kier alpha value is -2.41. The fourth-order valence-electron chi connectivity index (χ4n) is 4.02. The van der Waals surface area contributed by atoms with Crippen molar-refractivity contribution < 1.29 is 14.3 Å². The van der Waals surface area contributed by atoms with Gasteiger partial charge < -0.3 is 15.4 Å². The molecule has 1 fully saturated rings. The van der Waals surface area contributed by atoms with E-state index in [1.54, 1.807) is 11.1 Å². The van der Waals surface area contributed by atoms with Gasteiger partial charge in [0.25, 0.3) is 0 Å². The molecule has 0 saturated heterocycles. The molecule has 0 aliphatic heterocycles. The van der Waals surface area contributed by atoms with Crippen molar-refractivity contribution in [2.45, 2.75) is 59.4 Å². The smallest absolute Gasteiger partial charge is 0.350 e. The van der Waals surface area contributed by atoms with E-state index in [1.165, 1.54) is 18.4 Å². The van der Waals surface area contributed by atoms with E-state index in [1.807, 2.05) is 32.9 Å². The average Bonchev–Trinajstić information content (AvgIpc) is 3.14. The van der Waals surface area contributed by atoms with Crippen LogP contribution in [0.2, 0.25) is 0 Å². The molecular formula is C23H31N3O3S. The van der Waals surface area contributed by atoms with Gasteiger partial charge in [-0.2, -0.15) is 0 Å². The molecule has 0 atom stereocenters. The third-order valence-electron chi connectivity index (χ3n) is 5.86. The van der Waals surface area contributed by atoms with Gasteiger partial charge in [0, 0.05) is 28.6 Å². The predicted molar refractivity (Wildman–Crippen MR) is 122 cm³/mol. The topological polar surface area (TPSA) is 85.5 Å². The Morgan fingerprint density at radius 2 is 1.90 bits per heavy atom. The highest BCUT2D eigenvalue weighted by molar-refractivity contribution is 7.18. The minimum atomic E-state index is -0.433. The first-order valence-electron chi connectivity index (χ1n) is 10.5. The van der Waals surface area contributed by atoms with E-state index >= 15 is 0 Å². The summed E-state index contributed by atoms with van der Waals surface area (Å²) in [6.07, 6.45) is 5.63. The molecular weight excluding hydrogens is 398 g/mol. The standard InChI is InChI=1S/C23H31N3O3S/c1-13(2)26(22(27)16-8-6-14(3)7-9-16)18-11-19(30-20(18)23(28)29-5)17-10-15(4)21(24)25-12-17/h10-14,16H,6-9H2,1-5H3,(H2,24,25). The summed E-state index contributed by atoms with van der Waals surface area (Å²) in [4.78, 5) is 33.4. The number of rotatable bonds is 5. The lowest BCUT2D eigenvalue weighted by Gasteiger charge is -2.33. The normalized spacial score (nSPS) is 19.0. The van der Waals surface area contributed by atoms with Gasteiger partial charge in [-0.1, -0.05) is 6.92 Å². The summed E-state index contributed by atoms with van der Waals surface area (Å²) in [5.74, 6) is 0.809. The van der Waals surface area contributed by atoms with Gasteiger partial charge in [0.15, 0.2) is 0 Å². The summed E-state index contributed by atoms with van der Waals surface area (Å²) in [7, 11) is 1.37. The molecule has 1 aliphatic carbocycles. The van der Waals surface area contributed by atoms with Crippen LogP contribution in [0.3, 0.4) is 0 Å². The number of anilines is 2. The fourth-order valence-corrected chi connectivity index (χ4v) is 5.07. The van der Waals surface area contributed by atoms with E-state index in [0.29, 0.717) is 22.3 Å². The van der Waals surface area contributed by atoms with Crippen LogP contribution in [0.4, 0.5) is 11.5 Å². The number of ether oxygens (including phenoxy) is 1. The first-order chi connectivity index (χ1) is 14.2. The molecule has 30 heavy (non-hydrogen) atoms. The minimum Gasteiger partial charge on any atom is -0.465 e. The number of carbonyl (C=O) groups excluding carboxylic acids is 2. The zero-order valence-corrected chi connectivity index (χ0v) is 19.2. The van der Waals surface area contributed by atoms with Crippen molar-refractivity contribution in [3.8, 4) is 10.4 Å². The van der Waals surface area contributed by atoms with Gasteiger partial charge in [-0.3, -0.25) is 4.79 Å². The maximum Gasteiger partial charge on any atom is 0.350 e. The van der Waals surface area contributed by atoms with Gasteiger partial charge in [-0.15, -0.1) is 11.3 Å². The van der Waals surface area contributed by atoms with Gasteiger partial charge in [-0.25, -0.2) is 9.78 Å². The van der Waals surface area contributed by atoms with Crippen molar-refractivity contribution in [1.82, 2.24) is 4.98 Å². The lowest BCUT2D eigenvalue weighted by atomic mass is 9.82. The van der Waals surface area contributed by atoms with Gasteiger partial charge >= 0.3 is 5.97 Å². The highest BCUT2D eigenvalue weighted by atomic mass is 32.1. The number of esters is 1. The number of aromatic nitrogens is 1. The maximum absolute atomic E-state index is 13.5. The quantitative estimate of drug-likeness (QED) is 0.672. The molecule has 1 saturated carbocycles. The van der Waals surface area contributed by atoms with E-state index in [2.05, 4.69) is 11.9 Å². The molecule has 1 aliphatic rings. The molecule has 162 valence electrons. The Kier molecular flexibility index (Phi) is 6.81. The first-order valence-corrected chi connectivity index (χ1v) is 11.3. The predicted octanol–water partition coefficient (Wildman–Crippen LogP) is 5.06. The van der Waals surface area contributed by atoms with Crippen molar-refractivity contribution in [3.63, 3.8) is 0 Å². The lowest BCUT2D eigenvalue weighted by molar-refractivity contribution is -0.123. The van der Waals surface area contributed by atoms with Crippen LogP contribution in [-0.4, -0.2) is 30.0 Å². The Balaban J connectivity index is 2.03. The summed E-state index contributed by atoms with van der Waals surface area (Å²) >= 11 is 1.32. The molecule has 2 aromatic heterocycles. The molecule has 1 amide bonds. The fraction of sp³-hybridized carbons (Fsp3) is 0.522. The van der Waals surface area contributed by atoms with E-state index in [-0.39, 0.29) is 17.9 Å². The molecule has 0 radical (unpaired) electrons. The van der Waals surface area contributed by atoms with Crippen LogP contribution in [0.25, 0.3) is 10.4 Å². The first kappa shape index (κ1) is 22.3. The molecule has 0 aromatic carbocycles. The van der Waals surface area contributed by atoms with Crippen molar-refractivity contribution in [3.05, 3.63) is 28.8 Å². The van der Waals surface area contributed by atoms with Crippen LogP contribution in [0.1, 0.15) is 61.7 Å². The summed E-state index contributed by atoms with van der Waals surface area (Å²) in [5.41, 5.74) is 8.21. The third kappa shape index (κ3) is 4.51.